The maximum absolute atomic E-state index is 13.5. The molecule has 202 valence electrons. The van der Waals surface area contributed by atoms with Crippen LogP contribution in [0.2, 0.25) is 0 Å². The van der Waals surface area contributed by atoms with Gasteiger partial charge in [0, 0.05) is 23.8 Å². The molecule has 0 saturated heterocycles. The molecule has 1 aliphatic rings. The van der Waals surface area contributed by atoms with Crippen LogP contribution in [0.4, 0.5) is 0 Å². The van der Waals surface area contributed by atoms with E-state index in [2.05, 4.69) is 0 Å². The van der Waals surface area contributed by atoms with Crippen molar-refractivity contribution in [3.8, 4) is 28.7 Å². The van der Waals surface area contributed by atoms with Crippen LogP contribution >= 0.6 is 0 Å². The van der Waals surface area contributed by atoms with Gasteiger partial charge in [-0.05, 0) is 41.8 Å². The van der Waals surface area contributed by atoms with Gasteiger partial charge in [-0.3, -0.25) is 9.59 Å². The van der Waals surface area contributed by atoms with Gasteiger partial charge in [-0.25, -0.2) is 0 Å². The molecule has 4 atom stereocenters. The van der Waals surface area contributed by atoms with E-state index in [-0.39, 0.29) is 12.4 Å². The Bertz CT molecular complexity index is 1100. The molecule has 0 amide bonds. The average Bonchev–Trinajstić information content (AvgIpc) is 2.92. The fourth-order valence-electron chi connectivity index (χ4n) is 4.86. The van der Waals surface area contributed by atoms with E-state index in [0.29, 0.717) is 58.3 Å². The summed E-state index contributed by atoms with van der Waals surface area (Å²) in [6.45, 7) is 3.62. The normalized spacial score (nSPS) is 19.5. The van der Waals surface area contributed by atoms with Crippen LogP contribution in [0.3, 0.4) is 0 Å². The summed E-state index contributed by atoms with van der Waals surface area (Å²) in [5.41, 5.74) is 1.72. The van der Waals surface area contributed by atoms with Crippen molar-refractivity contribution < 1.29 is 43.1 Å². The number of methoxy groups -OCH3 is 5. The number of ketones is 1. The summed E-state index contributed by atoms with van der Waals surface area (Å²) in [6.07, 6.45) is 0.300. The highest BCUT2D eigenvalue weighted by atomic mass is 16.5. The molecular weight excluding hydrogens is 480 g/mol. The molecule has 0 radical (unpaired) electrons. The van der Waals surface area contributed by atoms with Gasteiger partial charge in [0.25, 0.3) is 0 Å². The molecule has 2 aromatic carbocycles. The number of fused-ring (bicyclic) bond motifs is 1. The van der Waals surface area contributed by atoms with Crippen molar-refractivity contribution in [1.82, 2.24) is 0 Å². The van der Waals surface area contributed by atoms with Gasteiger partial charge >= 0.3 is 5.97 Å². The average molecular weight is 517 g/mol. The number of carbonyl (C=O) groups excluding carboxylic acids is 2. The Labute approximate surface area is 217 Å². The molecule has 9 nitrogen and oxygen atoms in total. The lowest BCUT2D eigenvalue weighted by Crippen LogP contribution is -2.40. The Balaban J connectivity index is 2.22. The SMILES string of the molecule is CCC(O)CCOC(=O)C1C(C)C(=O)c2cc(OC)c(OC)cc2C1c1cc(OC)c(OC)c(OC)c1. The number of carbonyl (C=O) groups is 2. The lowest BCUT2D eigenvalue weighted by molar-refractivity contribution is -0.151. The van der Waals surface area contributed by atoms with Crippen LogP contribution in [-0.4, -0.2) is 65.1 Å². The maximum Gasteiger partial charge on any atom is 0.310 e. The third kappa shape index (κ3) is 5.46. The van der Waals surface area contributed by atoms with Crippen molar-refractivity contribution in [3.05, 3.63) is 41.0 Å². The van der Waals surface area contributed by atoms with Crippen LogP contribution in [0.1, 0.15) is 54.1 Å². The van der Waals surface area contributed by atoms with Crippen molar-refractivity contribution >= 4 is 11.8 Å². The Morgan fingerprint density at radius 1 is 0.892 bits per heavy atom. The van der Waals surface area contributed by atoms with E-state index in [4.69, 9.17) is 28.4 Å². The number of rotatable bonds is 11. The van der Waals surface area contributed by atoms with Crippen molar-refractivity contribution in [2.75, 3.05) is 42.2 Å². The summed E-state index contributed by atoms with van der Waals surface area (Å²) in [6, 6.07) is 6.93. The van der Waals surface area contributed by atoms with Crippen LogP contribution in [-0.2, 0) is 9.53 Å². The second-order valence-electron chi connectivity index (χ2n) is 8.93. The topological polar surface area (TPSA) is 110 Å². The van der Waals surface area contributed by atoms with Crippen LogP contribution in [0.25, 0.3) is 0 Å². The van der Waals surface area contributed by atoms with Crippen LogP contribution in [0.5, 0.6) is 28.7 Å². The van der Waals surface area contributed by atoms with E-state index in [9.17, 15) is 14.7 Å². The van der Waals surface area contributed by atoms with E-state index in [0.717, 1.165) is 0 Å². The number of aliphatic hydroxyl groups is 1. The van der Waals surface area contributed by atoms with Gasteiger partial charge in [0.05, 0.1) is 54.2 Å². The molecule has 3 rings (SSSR count). The van der Waals surface area contributed by atoms with Crippen LogP contribution in [0, 0.1) is 11.8 Å². The lowest BCUT2D eigenvalue weighted by Gasteiger charge is -2.36. The highest BCUT2D eigenvalue weighted by Gasteiger charge is 2.46. The van der Waals surface area contributed by atoms with Crippen molar-refractivity contribution in [2.24, 2.45) is 11.8 Å². The quantitative estimate of drug-likeness (QED) is 0.443. The van der Waals surface area contributed by atoms with Gasteiger partial charge in [0.2, 0.25) is 5.75 Å². The molecule has 0 heterocycles. The fourth-order valence-corrected chi connectivity index (χ4v) is 4.86. The molecule has 0 saturated carbocycles. The molecule has 0 spiro atoms. The van der Waals surface area contributed by atoms with Gasteiger partial charge in [-0.15, -0.1) is 0 Å². The summed E-state index contributed by atoms with van der Waals surface area (Å²) in [4.78, 5) is 27.1. The van der Waals surface area contributed by atoms with Gasteiger partial charge in [-0.2, -0.15) is 0 Å². The smallest absolute Gasteiger partial charge is 0.310 e. The van der Waals surface area contributed by atoms with Crippen LogP contribution in [0.15, 0.2) is 24.3 Å². The molecule has 0 aliphatic heterocycles. The molecule has 4 unspecified atom stereocenters. The Morgan fingerprint density at radius 2 is 1.46 bits per heavy atom. The minimum absolute atomic E-state index is 0.0476. The predicted octanol–water partition coefficient (Wildman–Crippen LogP) is 4.01. The summed E-state index contributed by atoms with van der Waals surface area (Å²) in [5.74, 6) is -0.771. The van der Waals surface area contributed by atoms with Gasteiger partial charge in [0.15, 0.2) is 28.8 Å². The largest absolute Gasteiger partial charge is 0.493 e. The van der Waals surface area contributed by atoms with Gasteiger partial charge in [0.1, 0.15) is 0 Å². The standard InChI is InChI=1S/C28H36O9/c1-8-17(29)9-10-37-28(31)24-15(2)26(30)19-14-21(33-4)20(32-3)13-18(19)25(24)16-11-22(34-5)27(36-7)23(12-16)35-6/h11-15,17,24-25,29H,8-10H2,1-7H3. The molecule has 0 aromatic heterocycles. The Hall–Kier alpha value is -3.46. The number of Topliss-reactive ketones (excluding diaryl/α,β-unsaturated/α-hetero) is 1. The van der Waals surface area contributed by atoms with Gasteiger partial charge < -0.3 is 33.5 Å². The highest BCUT2D eigenvalue weighted by Crippen LogP contribution is 2.50. The molecular formula is C28H36O9. The van der Waals surface area contributed by atoms with E-state index in [1.807, 2.05) is 6.92 Å². The van der Waals surface area contributed by atoms with Gasteiger partial charge in [-0.1, -0.05) is 13.8 Å². The first kappa shape index (κ1) is 28.1. The Morgan fingerprint density at radius 3 is 1.97 bits per heavy atom. The van der Waals surface area contributed by atoms with Crippen molar-refractivity contribution in [2.45, 2.75) is 38.7 Å². The third-order valence-electron chi connectivity index (χ3n) is 6.95. The number of esters is 1. The zero-order valence-corrected chi connectivity index (χ0v) is 22.5. The molecule has 0 fully saturated rings. The summed E-state index contributed by atoms with van der Waals surface area (Å²) >= 11 is 0. The molecule has 1 aliphatic carbocycles. The number of aliphatic hydroxyl groups excluding tert-OH is 1. The second-order valence-corrected chi connectivity index (χ2v) is 8.93. The van der Waals surface area contributed by atoms with E-state index in [1.54, 1.807) is 31.2 Å². The number of hydrogen-bond acceptors (Lipinski definition) is 9. The summed E-state index contributed by atoms with van der Waals surface area (Å²) in [5, 5.41) is 9.90. The zero-order chi connectivity index (χ0) is 27.3. The minimum atomic E-state index is -0.848. The molecule has 9 heteroatoms. The van der Waals surface area contributed by atoms with Crippen molar-refractivity contribution in [1.29, 1.82) is 0 Å². The minimum Gasteiger partial charge on any atom is -0.493 e. The number of hydrogen-bond donors (Lipinski definition) is 1. The first-order valence-electron chi connectivity index (χ1n) is 12.2. The van der Waals surface area contributed by atoms with E-state index >= 15 is 0 Å². The summed E-state index contributed by atoms with van der Waals surface area (Å²) in [7, 11) is 7.56. The number of ether oxygens (including phenoxy) is 6. The highest BCUT2D eigenvalue weighted by molar-refractivity contribution is 6.04. The first-order valence-corrected chi connectivity index (χ1v) is 12.2. The van der Waals surface area contributed by atoms with Crippen LogP contribution < -0.4 is 23.7 Å². The fraction of sp³-hybridized carbons (Fsp3) is 0.500. The molecule has 2 aromatic rings. The van der Waals surface area contributed by atoms with E-state index < -0.39 is 29.8 Å². The Kier molecular flexibility index (Phi) is 9.26. The number of benzene rings is 2. The third-order valence-corrected chi connectivity index (χ3v) is 6.95. The first-order chi connectivity index (χ1) is 17.8. The molecule has 1 N–H and O–H groups in total. The van der Waals surface area contributed by atoms with E-state index in [1.165, 1.54) is 35.5 Å². The monoisotopic (exact) mass is 516 g/mol. The predicted molar refractivity (Wildman–Crippen MR) is 136 cm³/mol. The maximum atomic E-state index is 13.5. The zero-order valence-electron chi connectivity index (χ0n) is 22.5. The van der Waals surface area contributed by atoms with Crippen molar-refractivity contribution in [3.63, 3.8) is 0 Å². The second kappa shape index (κ2) is 12.2. The lowest BCUT2D eigenvalue weighted by atomic mass is 9.66. The summed E-state index contributed by atoms with van der Waals surface area (Å²) < 4.78 is 33.2. The molecule has 37 heavy (non-hydrogen) atoms. The molecule has 0 bridgehead atoms.